The molecule has 1 aromatic carbocycles. The van der Waals surface area contributed by atoms with E-state index < -0.39 is 23.9 Å². The Morgan fingerprint density at radius 2 is 2.00 bits per heavy atom. The number of fused-ring (bicyclic) bond motifs is 1. The monoisotopic (exact) mass is 410 g/mol. The quantitative estimate of drug-likeness (QED) is 0.725. The number of amidine groups is 1. The maximum Gasteiger partial charge on any atom is 0.349 e. The van der Waals surface area contributed by atoms with Crippen LogP contribution in [0.2, 0.25) is 0 Å². The number of esters is 1. The molecule has 1 unspecified atom stereocenters. The molecule has 0 spiro atoms. The van der Waals surface area contributed by atoms with E-state index in [0.717, 1.165) is 0 Å². The molecule has 9 nitrogen and oxygen atoms in total. The minimum absolute atomic E-state index is 0.223. The van der Waals surface area contributed by atoms with Crippen LogP contribution in [0.25, 0.3) is 0 Å². The van der Waals surface area contributed by atoms with Gasteiger partial charge in [0.1, 0.15) is 5.84 Å². The summed E-state index contributed by atoms with van der Waals surface area (Å²) in [6.07, 6.45) is 7.13. The van der Waals surface area contributed by atoms with E-state index in [4.69, 9.17) is 9.47 Å². The number of nitrogens with one attached hydrogen (secondary N) is 1. The van der Waals surface area contributed by atoms with Crippen LogP contribution in [0, 0.1) is 5.92 Å². The Kier molecular flexibility index (Phi) is 6.87. The molecule has 1 atom stereocenters. The van der Waals surface area contributed by atoms with Gasteiger partial charge in [0.15, 0.2) is 0 Å². The molecule has 0 bridgehead atoms. The van der Waals surface area contributed by atoms with E-state index in [1.165, 1.54) is 12.0 Å². The average molecular weight is 410 g/mol. The van der Waals surface area contributed by atoms with Crippen LogP contribution in [0.4, 0.5) is 15.3 Å². The van der Waals surface area contributed by atoms with E-state index in [0.29, 0.717) is 17.0 Å². The summed E-state index contributed by atoms with van der Waals surface area (Å²) in [5.41, 5.74) is 1.36. The number of hydrogen-bond acceptors (Lipinski definition) is 5. The maximum absolute atomic E-state index is 12.6. The van der Waals surface area contributed by atoms with E-state index in [1.807, 2.05) is 12.2 Å². The first-order chi connectivity index (χ1) is 14.5. The van der Waals surface area contributed by atoms with E-state index in [-0.39, 0.29) is 25.6 Å². The predicted octanol–water partition coefficient (Wildman–Crippen LogP) is 3.06. The lowest BCUT2D eigenvalue weighted by molar-refractivity contribution is 0.0526. The van der Waals surface area contributed by atoms with Gasteiger partial charge in [-0.05, 0) is 37.3 Å². The number of anilines is 1. The minimum Gasteiger partial charge on any atom is -0.462 e. The molecule has 30 heavy (non-hydrogen) atoms. The van der Waals surface area contributed by atoms with Gasteiger partial charge in [-0.2, -0.15) is 9.98 Å². The lowest BCUT2D eigenvalue weighted by Crippen LogP contribution is -2.48. The van der Waals surface area contributed by atoms with Crippen LogP contribution >= 0.6 is 0 Å². The predicted molar refractivity (Wildman–Crippen MR) is 112 cm³/mol. The Hall–Kier alpha value is -3.59. The number of aliphatic imine (C=N–C) groups is 2. The molecule has 1 aliphatic heterocycles. The molecule has 0 saturated heterocycles. The summed E-state index contributed by atoms with van der Waals surface area (Å²) < 4.78 is 9.99. The van der Waals surface area contributed by atoms with Crippen molar-refractivity contribution < 1.29 is 23.9 Å². The molecule has 0 radical (unpaired) electrons. The summed E-state index contributed by atoms with van der Waals surface area (Å²) in [6, 6.07) is 5.12. The number of ether oxygens (including phenoxy) is 2. The highest BCUT2D eigenvalue weighted by atomic mass is 16.5. The zero-order chi connectivity index (χ0) is 21.5. The van der Waals surface area contributed by atoms with Crippen LogP contribution in [0.3, 0.4) is 0 Å². The Morgan fingerprint density at radius 1 is 1.23 bits per heavy atom. The Labute approximate surface area is 173 Å². The van der Waals surface area contributed by atoms with Crippen LogP contribution in [0.15, 0.2) is 58.6 Å². The van der Waals surface area contributed by atoms with Gasteiger partial charge in [-0.1, -0.05) is 18.2 Å². The topological polar surface area (TPSA) is 110 Å². The number of methoxy groups -OCH3 is 1. The number of carbonyl (C=O) groups excluding carboxylic acids is 3. The first-order valence-electron chi connectivity index (χ1n) is 9.44. The SMILES string of the molecule is CCOC(=O)c1ccc(NC(=O)/N=C2/C3C=CC=CC3=NC(=O)N2CCOC)cc1. The fourth-order valence-corrected chi connectivity index (χ4v) is 2.98. The molecule has 1 aliphatic carbocycles. The number of rotatable bonds is 6. The molecule has 4 amide bonds. The zero-order valence-corrected chi connectivity index (χ0v) is 16.7. The number of carbonyl (C=O) groups is 3. The number of allylic oxidation sites excluding steroid dienone is 3. The lowest BCUT2D eigenvalue weighted by atomic mass is 9.95. The van der Waals surface area contributed by atoms with Gasteiger partial charge in [0.25, 0.3) is 0 Å². The summed E-state index contributed by atoms with van der Waals surface area (Å²) in [6.45, 7) is 2.51. The standard InChI is InChI=1S/C21H22N4O5/c1-3-30-19(26)14-8-10-15(11-9-14)22-20(27)24-18-16-6-4-5-7-17(16)23-21(28)25(18)12-13-29-2/h4-11,16H,3,12-13H2,1-2H3,(H,22,27)/b24-18-. The molecule has 1 heterocycles. The fraction of sp³-hybridized carbons (Fsp3) is 0.286. The largest absolute Gasteiger partial charge is 0.462 e. The van der Waals surface area contributed by atoms with Gasteiger partial charge in [0, 0.05) is 12.8 Å². The van der Waals surface area contributed by atoms with Crippen molar-refractivity contribution in [1.29, 1.82) is 0 Å². The van der Waals surface area contributed by atoms with Gasteiger partial charge in [-0.25, -0.2) is 14.4 Å². The molecule has 156 valence electrons. The van der Waals surface area contributed by atoms with Crippen LogP contribution < -0.4 is 5.32 Å². The van der Waals surface area contributed by atoms with Crippen LogP contribution in [0.5, 0.6) is 0 Å². The Morgan fingerprint density at radius 3 is 2.70 bits per heavy atom. The van der Waals surface area contributed by atoms with Crippen LogP contribution in [-0.4, -0.2) is 61.3 Å². The van der Waals surface area contributed by atoms with Crippen molar-refractivity contribution in [3.05, 3.63) is 54.1 Å². The molecular weight excluding hydrogens is 388 g/mol. The number of urea groups is 2. The molecule has 0 fully saturated rings. The second-order valence-electron chi connectivity index (χ2n) is 6.38. The van der Waals surface area contributed by atoms with Crippen LogP contribution in [-0.2, 0) is 9.47 Å². The third-order valence-corrected chi connectivity index (χ3v) is 4.39. The highest BCUT2D eigenvalue weighted by molar-refractivity contribution is 6.24. The molecule has 0 aromatic heterocycles. The van der Waals surface area contributed by atoms with Gasteiger partial charge in [-0.3, -0.25) is 4.90 Å². The second kappa shape index (κ2) is 9.75. The second-order valence-corrected chi connectivity index (χ2v) is 6.38. The number of nitrogens with zero attached hydrogens (tertiary/aromatic N) is 3. The smallest absolute Gasteiger partial charge is 0.349 e. The normalized spacial score (nSPS) is 18.8. The first kappa shape index (κ1) is 21.1. The molecule has 1 aromatic rings. The summed E-state index contributed by atoms with van der Waals surface area (Å²) in [5, 5.41) is 2.64. The van der Waals surface area contributed by atoms with Crippen molar-refractivity contribution in [2.24, 2.45) is 15.9 Å². The van der Waals surface area contributed by atoms with Crippen molar-refractivity contribution in [2.45, 2.75) is 6.92 Å². The molecule has 2 aliphatic rings. The number of hydrogen-bond donors (Lipinski definition) is 1. The Balaban J connectivity index is 1.80. The van der Waals surface area contributed by atoms with Crippen molar-refractivity contribution >= 4 is 35.3 Å². The average Bonchev–Trinajstić information content (AvgIpc) is 2.74. The lowest BCUT2D eigenvalue weighted by Gasteiger charge is -2.31. The number of benzene rings is 1. The fourth-order valence-electron chi connectivity index (χ4n) is 2.98. The van der Waals surface area contributed by atoms with E-state index >= 15 is 0 Å². The molecular formula is C21H22N4O5. The van der Waals surface area contributed by atoms with Gasteiger partial charge < -0.3 is 14.8 Å². The van der Waals surface area contributed by atoms with Crippen molar-refractivity contribution in [3.63, 3.8) is 0 Å². The highest BCUT2D eigenvalue weighted by Gasteiger charge is 2.34. The summed E-state index contributed by atoms with van der Waals surface area (Å²) in [4.78, 5) is 46.3. The zero-order valence-electron chi connectivity index (χ0n) is 16.7. The number of amides is 4. The Bertz CT molecular complexity index is 947. The maximum atomic E-state index is 12.6. The third-order valence-electron chi connectivity index (χ3n) is 4.39. The highest BCUT2D eigenvalue weighted by Crippen LogP contribution is 2.21. The summed E-state index contributed by atoms with van der Waals surface area (Å²) >= 11 is 0. The van der Waals surface area contributed by atoms with Gasteiger partial charge in [0.05, 0.1) is 37.0 Å². The summed E-state index contributed by atoms with van der Waals surface area (Å²) in [5.74, 6) is -0.557. The summed E-state index contributed by atoms with van der Waals surface area (Å²) in [7, 11) is 1.52. The van der Waals surface area contributed by atoms with Gasteiger partial charge >= 0.3 is 18.0 Å². The molecule has 1 N–H and O–H groups in total. The van der Waals surface area contributed by atoms with E-state index in [9.17, 15) is 14.4 Å². The van der Waals surface area contributed by atoms with Crippen molar-refractivity contribution in [3.8, 4) is 0 Å². The van der Waals surface area contributed by atoms with Crippen molar-refractivity contribution in [1.82, 2.24) is 4.90 Å². The first-order valence-corrected chi connectivity index (χ1v) is 9.44. The van der Waals surface area contributed by atoms with E-state index in [1.54, 1.807) is 43.3 Å². The van der Waals surface area contributed by atoms with Gasteiger partial charge in [0.2, 0.25) is 0 Å². The third kappa shape index (κ3) is 4.87. The molecule has 9 heteroatoms. The van der Waals surface area contributed by atoms with Crippen LogP contribution in [0.1, 0.15) is 17.3 Å². The minimum atomic E-state index is -0.645. The van der Waals surface area contributed by atoms with Gasteiger partial charge in [-0.15, -0.1) is 0 Å². The molecule has 0 saturated carbocycles. The van der Waals surface area contributed by atoms with Crippen molar-refractivity contribution in [2.75, 3.05) is 32.2 Å². The molecule has 3 rings (SSSR count). The van der Waals surface area contributed by atoms with E-state index in [2.05, 4.69) is 15.3 Å².